The van der Waals surface area contributed by atoms with Crippen LogP contribution in [0.2, 0.25) is 0 Å². The number of rotatable bonds is 4. The van der Waals surface area contributed by atoms with Gasteiger partial charge in [0, 0.05) is 0 Å². The standard InChI is InChI=1S/C21H23F3O/c1-2-15-3-5-16(6-4-15)17-7-9-18(10-8-17)19-11-13-20(14-12-19)25-21(22,23)24/h7-16H,2-6H2,1H3/t15-,16-. The van der Waals surface area contributed by atoms with Gasteiger partial charge in [-0.2, -0.15) is 0 Å². The normalized spacial score (nSPS) is 21.1. The monoisotopic (exact) mass is 348 g/mol. The van der Waals surface area contributed by atoms with Crippen molar-refractivity contribution in [3.63, 3.8) is 0 Å². The molecule has 1 fully saturated rings. The maximum absolute atomic E-state index is 12.2. The molecule has 2 aromatic rings. The Balaban J connectivity index is 1.66. The first-order chi connectivity index (χ1) is 11.9. The summed E-state index contributed by atoms with van der Waals surface area (Å²) in [5.74, 6) is 1.33. The summed E-state index contributed by atoms with van der Waals surface area (Å²) >= 11 is 0. The van der Waals surface area contributed by atoms with Crippen molar-refractivity contribution in [2.75, 3.05) is 0 Å². The molecule has 2 aromatic carbocycles. The van der Waals surface area contributed by atoms with Crippen molar-refractivity contribution in [3.05, 3.63) is 54.1 Å². The van der Waals surface area contributed by atoms with E-state index in [1.54, 1.807) is 12.1 Å². The van der Waals surface area contributed by atoms with Crippen molar-refractivity contribution in [1.82, 2.24) is 0 Å². The third-order valence-corrected chi connectivity index (χ3v) is 5.23. The second-order valence-electron chi connectivity index (χ2n) is 6.82. The van der Waals surface area contributed by atoms with E-state index in [0.29, 0.717) is 5.92 Å². The van der Waals surface area contributed by atoms with E-state index >= 15 is 0 Å². The average Bonchev–Trinajstić information content (AvgIpc) is 2.61. The van der Waals surface area contributed by atoms with Crippen molar-refractivity contribution in [1.29, 1.82) is 0 Å². The number of hydrogen-bond acceptors (Lipinski definition) is 1. The lowest BCUT2D eigenvalue weighted by atomic mass is 9.77. The van der Waals surface area contributed by atoms with Crippen LogP contribution < -0.4 is 4.74 Å². The minimum Gasteiger partial charge on any atom is -0.406 e. The maximum atomic E-state index is 12.2. The molecule has 1 saturated carbocycles. The fraction of sp³-hybridized carbons (Fsp3) is 0.429. The summed E-state index contributed by atoms with van der Waals surface area (Å²) in [6.07, 6.45) is 1.75. The fourth-order valence-corrected chi connectivity index (χ4v) is 3.70. The lowest BCUT2D eigenvalue weighted by Crippen LogP contribution is -2.16. The molecule has 3 rings (SSSR count). The molecule has 0 unspecified atom stereocenters. The highest BCUT2D eigenvalue weighted by Gasteiger charge is 2.31. The number of hydrogen-bond donors (Lipinski definition) is 0. The molecule has 0 radical (unpaired) electrons. The van der Waals surface area contributed by atoms with Crippen molar-refractivity contribution < 1.29 is 17.9 Å². The SMILES string of the molecule is CC[C@H]1CC[C@H](c2ccc(-c3ccc(OC(F)(F)F)cc3)cc2)CC1. The first-order valence-electron chi connectivity index (χ1n) is 8.90. The summed E-state index contributed by atoms with van der Waals surface area (Å²) in [5.41, 5.74) is 3.26. The van der Waals surface area contributed by atoms with Crippen LogP contribution in [0.3, 0.4) is 0 Å². The smallest absolute Gasteiger partial charge is 0.406 e. The highest BCUT2D eigenvalue weighted by Crippen LogP contribution is 2.37. The Morgan fingerprint density at radius 3 is 1.84 bits per heavy atom. The Morgan fingerprint density at radius 1 is 0.840 bits per heavy atom. The number of benzene rings is 2. The van der Waals surface area contributed by atoms with Gasteiger partial charge in [-0.15, -0.1) is 13.2 Å². The zero-order valence-electron chi connectivity index (χ0n) is 14.4. The number of alkyl halides is 3. The van der Waals surface area contributed by atoms with Gasteiger partial charge in [0.25, 0.3) is 0 Å². The molecule has 0 N–H and O–H groups in total. The molecule has 0 heterocycles. The molecule has 0 bridgehead atoms. The summed E-state index contributed by atoms with van der Waals surface area (Å²) in [6.45, 7) is 2.27. The molecule has 0 aromatic heterocycles. The molecule has 1 nitrogen and oxygen atoms in total. The Morgan fingerprint density at radius 2 is 1.36 bits per heavy atom. The Kier molecular flexibility index (Phi) is 5.36. The highest BCUT2D eigenvalue weighted by molar-refractivity contribution is 5.64. The van der Waals surface area contributed by atoms with Gasteiger partial charge < -0.3 is 4.74 Å². The third kappa shape index (κ3) is 4.77. The van der Waals surface area contributed by atoms with E-state index in [9.17, 15) is 13.2 Å². The van der Waals surface area contributed by atoms with Crippen LogP contribution in [-0.4, -0.2) is 6.36 Å². The van der Waals surface area contributed by atoms with E-state index in [-0.39, 0.29) is 5.75 Å². The number of ether oxygens (including phenoxy) is 1. The summed E-state index contributed by atoms with van der Waals surface area (Å²) in [7, 11) is 0. The van der Waals surface area contributed by atoms with Crippen LogP contribution in [0.4, 0.5) is 13.2 Å². The van der Waals surface area contributed by atoms with Crippen LogP contribution in [0.15, 0.2) is 48.5 Å². The van der Waals surface area contributed by atoms with Gasteiger partial charge in [0.2, 0.25) is 0 Å². The van der Waals surface area contributed by atoms with Crippen LogP contribution in [0.5, 0.6) is 5.75 Å². The maximum Gasteiger partial charge on any atom is 0.573 e. The van der Waals surface area contributed by atoms with Gasteiger partial charge in [-0.3, -0.25) is 0 Å². The first-order valence-corrected chi connectivity index (χ1v) is 8.90. The average molecular weight is 348 g/mol. The lowest BCUT2D eigenvalue weighted by Gasteiger charge is -2.28. The van der Waals surface area contributed by atoms with Gasteiger partial charge in [0.05, 0.1) is 0 Å². The molecule has 0 atom stereocenters. The van der Waals surface area contributed by atoms with Crippen LogP contribution in [0, 0.1) is 5.92 Å². The Hall–Kier alpha value is -1.97. The van der Waals surface area contributed by atoms with Crippen molar-refractivity contribution in [3.8, 4) is 16.9 Å². The van der Waals surface area contributed by atoms with Crippen LogP contribution >= 0.6 is 0 Å². The summed E-state index contributed by atoms with van der Waals surface area (Å²) in [6, 6.07) is 14.4. The van der Waals surface area contributed by atoms with E-state index in [2.05, 4.69) is 35.9 Å². The zero-order chi connectivity index (χ0) is 17.9. The van der Waals surface area contributed by atoms with E-state index in [0.717, 1.165) is 17.0 Å². The van der Waals surface area contributed by atoms with Crippen molar-refractivity contribution in [2.45, 2.75) is 51.3 Å². The van der Waals surface area contributed by atoms with Gasteiger partial charge in [-0.05, 0) is 66.3 Å². The molecule has 25 heavy (non-hydrogen) atoms. The van der Waals surface area contributed by atoms with Crippen LogP contribution in [0.1, 0.15) is 50.5 Å². The third-order valence-electron chi connectivity index (χ3n) is 5.23. The first kappa shape index (κ1) is 17.8. The largest absolute Gasteiger partial charge is 0.573 e. The second kappa shape index (κ2) is 7.51. The topological polar surface area (TPSA) is 9.23 Å². The van der Waals surface area contributed by atoms with E-state index in [4.69, 9.17) is 0 Å². The molecule has 4 heteroatoms. The van der Waals surface area contributed by atoms with Gasteiger partial charge in [-0.1, -0.05) is 49.7 Å². The predicted molar refractivity (Wildman–Crippen MR) is 93.6 cm³/mol. The molecule has 0 amide bonds. The summed E-state index contributed by atoms with van der Waals surface area (Å²) < 4.78 is 40.5. The molecule has 1 aliphatic carbocycles. The Labute approximate surface area is 146 Å². The molecule has 134 valence electrons. The lowest BCUT2D eigenvalue weighted by molar-refractivity contribution is -0.274. The van der Waals surface area contributed by atoms with Crippen molar-refractivity contribution >= 4 is 0 Å². The van der Waals surface area contributed by atoms with Crippen LogP contribution in [0.25, 0.3) is 11.1 Å². The van der Waals surface area contributed by atoms with Gasteiger partial charge in [-0.25, -0.2) is 0 Å². The van der Waals surface area contributed by atoms with Crippen molar-refractivity contribution in [2.24, 2.45) is 5.92 Å². The summed E-state index contributed by atoms with van der Waals surface area (Å²) in [5, 5.41) is 0. The zero-order valence-corrected chi connectivity index (χ0v) is 14.4. The quantitative estimate of drug-likeness (QED) is 0.582. The van der Waals surface area contributed by atoms with Gasteiger partial charge in [0.15, 0.2) is 0 Å². The number of halogens is 3. The molecule has 0 spiro atoms. The van der Waals surface area contributed by atoms with E-state index < -0.39 is 6.36 Å². The molecule has 0 aliphatic heterocycles. The van der Waals surface area contributed by atoms with E-state index in [1.165, 1.54) is 49.8 Å². The Bertz CT molecular complexity index is 666. The molecule has 0 saturated heterocycles. The summed E-state index contributed by atoms with van der Waals surface area (Å²) in [4.78, 5) is 0. The fourth-order valence-electron chi connectivity index (χ4n) is 3.70. The van der Waals surface area contributed by atoms with E-state index in [1.807, 2.05) is 0 Å². The van der Waals surface area contributed by atoms with Gasteiger partial charge >= 0.3 is 6.36 Å². The molecular weight excluding hydrogens is 325 g/mol. The van der Waals surface area contributed by atoms with Gasteiger partial charge in [0.1, 0.15) is 5.75 Å². The molecular formula is C21H23F3O. The predicted octanol–water partition coefficient (Wildman–Crippen LogP) is 6.94. The minimum atomic E-state index is -4.65. The highest BCUT2D eigenvalue weighted by atomic mass is 19.4. The van der Waals surface area contributed by atoms with Crippen LogP contribution in [-0.2, 0) is 0 Å². The molecule has 1 aliphatic rings. The minimum absolute atomic E-state index is 0.194. The second-order valence-corrected chi connectivity index (χ2v) is 6.82.